The molecule has 5 heteroatoms. The Morgan fingerprint density at radius 1 is 1.05 bits per heavy atom. The maximum Gasteiger partial charge on any atom is 0.127 e. The average molecular weight is 419 g/mol. The first-order valence-electron chi connectivity index (χ1n) is 6.63. The molecule has 0 aliphatic rings. The van der Waals surface area contributed by atoms with Gasteiger partial charge in [0.1, 0.15) is 11.6 Å². The van der Waals surface area contributed by atoms with Gasteiger partial charge >= 0.3 is 0 Å². The van der Waals surface area contributed by atoms with E-state index in [0.717, 1.165) is 12.1 Å². The van der Waals surface area contributed by atoms with Gasteiger partial charge in [0, 0.05) is 15.0 Å². The first kappa shape index (κ1) is 16.6. The van der Waals surface area contributed by atoms with Gasteiger partial charge < -0.3 is 5.32 Å². The lowest BCUT2D eigenvalue weighted by Crippen LogP contribution is -2.23. The van der Waals surface area contributed by atoms with Gasteiger partial charge in [-0.25, -0.2) is 8.78 Å². The van der Waals surface area contributed by atoms with Gasteiger partial charge in [-0.1, -0.05) is 44.8 Å². The lowest BCUT2D eigenvalue weighted by atomic mass is 9.98. The van der Waals surface area contributed by atoms with Crippen LogP contribution in [0.5, 0.6) is 0 Å². The minimum Gasteiger partial charge on any atom is -0.310 e. The number of rotatable bonds is 5. The smallest absolute Gasteiger partial charge is 0.127 e. The third-order valence-corrected chi connectivity index (χ3v) is 4.13. The summed E-state index contributed by atoms with van der Waals surface area (Å²) in [7, 11) is 0. The van der Waals surface area contributed by atoms with Crippen molar-refractivity contribution in [3.63, 3.8) is 0 Å². The summed E-state index contributed by atoms with van der Waals surface area (Å²) in [6, 6.07) is 9.60. The fourth-order valence-corrected chi connectivity index (χ4v) is 3.05. The molecule has 0 bridgehead atoms. The van der Waals surface area contributed by atoms with Crippen molar-refractivity contribution in [1.82, 2.24) is 5.32 Å². The zero-order valence-electron chi connectivity index (χ0n) is 11.5. The summed E-state index contributed by atoms with van der Waals surface area (Å²) < 4.78 is 28.9. The lowest BCUT2D eigenvalue weighted by Gasteiger charge is -2.19. The van der Waals surface area contributed by atoms with Gasteiger partial charge in [0.25, 0.3) is 0 Å². The molecule has 21 heavy (non-hydrogen) atoms. The van der Waals surface area contributed by atoms with Crippen LogP contribution in [0.25, 0.3) is 0 Å². The normalized spacial score (nSPS) is 12.4. The van der Waals surface area contributed by atoms with Gasteiger partial charge in [-0.15, -0.1) is 0 Å². The van der Waals surface area contributed by atoms with Gasteiger partial charge in [-0.2, -0.15) is 0 Å². The standard InChI is InChI=1S/C16H15Br2F2N/c1-2-21-16(11-5-13(18)8-14(19)6-11)7-10-3-4-12(17)9-15(10)20/h3-6,8-9,16,21H,2,7H2,1H3. The van der Waals surface area contributed by atoms with Crippen LogP contribution in [-0.4, -0.2) is 6.54 Å². The number of likely N-dealkylation sites (N-methyl/N-ethyl adjacent to an activating group) is 1. The van der Waals surface area contributed by atoms with E-state index in [4.69, 9.17) is 0 Å². The summed E-state index contributed by atoms with van der Waals surface area (Å²) in [6.07, 6.45) is 0.461. The first-order valence-corrected chi connectivity index (χ1v) is 8.21. The molecule has 0 saturated carbocycles. The molecule has 0 spiro atoms. The molecule has 2 rings (SSSR count). The van der Waals surface area contributed by atoms with Crippen LogP contribution in [0.15, 0.2) is 45.3 Å². The highest BCUT2D eigenvalue weighted by Gasteiger charge is 2.15. The third kappa shape index (κ3) is 4.59. The Labute approximate surface area is 140 Å². The fraction of sp³-hybridized carbons (Fsp3) is 0.250. The van der Waals surface area contributed by atoms with Crippen molar-refractivity contribution in [1.29, 1.82) is 0 Å². The Bertz CT molecular complexity index is 611. The molecule has 2 aromatic rings. The molecule has 0 amide bonds. The molecular formula is C16H15Br2F2N. The number of hydrogen-bond donors (Lipinski definition) is 1. The van der Waals surface area contributed by atoms with Gasteiger partial charge in [0.15, 0.2) is 0 Å². The second-order valence-electron chi connectivity index (χ2n) is 4.75. The molecule has 1 N–H and O–H groups in total. The van der Waals surface area contributed by atoms with Crippen LogP contribution >= 0.6 is 31.9 Å². The summed E-state index contributed by atoms with van der Waals surface area (Å²) >= 11 is 6.54. The van der Waals surface area contributed by atoms with E-state index in [1.54, 1.807) is 6.07 Å². The maximum absolute atomic E-state index is 14.0. The quantitative estimate of drug-likeness (QED) is 0.686. The van der Waals surface area contributed by atoms with Crippen molar-refractivity contribution < 1.29 is 8.78 Å². The topological polar surface area (TPSA) is 12.0 Å². The SMILES string of the molecule is CCNC(Cc1ccc(Br)cc1F)c1cc(F)cc(Br)c1. The van der Waals surface area contributed by atoms with Crippen LogP contribution in [0.1, 0.15) is 24.1 Å². The Kier molecular flexibility index (Phi) is 5.90. The number of nitrogens with one attached hydrogen (secondary N) is 1. The molecule has 112 valence electrons. The van der Waals surface area contributed by atoms with Gasteiger partial charge in [-0.05, 0) is 54.4 Å². The van der Waals surface area contributed by atoms with Crippen LogP contribution in [0.2, 0.25) is 0 Å². The molecule has 0 saturated heterocycles. The van der Waals surface area contributed by atoms with Crippen LogP contribution in [0, 0.1) is 11.6 Å². The summed E-state index contributed by atoms with van der Waals surface area (Å²) in [5, 5.41) is 3.28. The van der Waals surface area contributed by atoms with E-state index in [1.807, 2.05) is 19.1 Å². The maximum atomic E-state index is 14.0. The van der Waals surface area contributed by atoms with Crippen molar-refractivity contribution in [3.05, 3.63) is 68.1 Å². The number of hydrogen-bond acceptors (Lipinski definition) is 1. The molecule has 1 atom stereocenters. The van der Waals surface area contributed by atoms with Gasteiger partial charge in [0.2, 0.25) is 0 Å². The largest absolute Gasteiger partial charge is 0.310 e. The van der Waals surface area contributed by atoms with Gasteiger partial charge in [0.05, 0.1) is 0 Å². The van der Waals surface area contributed by atoms with Crippen molar-refractivity contribution in [2.45, 2.75) is 19.4 Å². The van der Waals surface area contributed by atoms with E-state index in [2.05, 4.69) is 37.2 Å². The molecule has 0 fully saturated rings. The van der Waals surface area contributed by atoms with Crippen LogP contribution < -0.4 is 5.32 Å². The number of benzene rings is 2. The minimum atomic E-state index is -0.307. The average Bonchev–Trinajstić information content (AvgIpc) is 2.40. The number of halogens is 4. The molecule has 0 radical (unpaired) electrons. The molecule has 0 heterocycles. The first-order chi connectivity index (χ1) is 9.99. The lowest BCUT2D eigenvalue weighted by molar-refractivity contribution is 0.523. The van der Waals surface area contributed by atoms with Crippen LogP contribution in [0.3, 0.4) is 0 Å². The Hall–Kier alpha value is -0.780. The highest BCUT2D eigenvalue weighted by atomic mass is 79.9. The zero-order chi connectivity index (χ0) is 15.4. The van der Waals surface area contributed by atoms with Crippen molar-refractivity contribution in [2.75, 3.05) is 6.54 Å². The summed E-state index contributed by atoms with van der Waals surface area (Å²) in [4.78, 5) is 0. The zero-order valence-corrected chi connectivity index (χ0v) is 14.6. The van der Waals surface area contributed by atoms with E-state index < -0.39 is 0 Å². The highest BCUT2D eigenvalue weighted by molar-refractivity contribution is 9.10. The molecule has 0 aliphatic heterocycles. The molecular weight excluding hydrogens is 404 g/mol. The molecule has 1 nitrogen and oxygen atoms in total. The minimum absolute atomic E-state index is 0.141. The van der Waals surface area contributed by atoms with E-state index in [0.29, 0.717) is 20.9 Å². The van der Waals surface area contributed by atoms with E-state index >= 15 is 0 Å². The van der Waals surface area contributed by atoms with E-state index in [-0.39, 0.29) is 17.7 Å². The van der Waals surface area contributed by atoms with Crippen LogP contribution in [0.4, 0.5) is 8.78 Å². The second-order valence-corrected chi connectivity index (χ2v) is 6.58. The van der Waals surface area contributed by atoms with Crippen molar-refractivity contribution in [3.8, 4) is 0 Å². The second kappa shape index (κ2) is 7.47. The van der Waals surface area contributed by atoms with Gasteiger partial charge in [-0.3, -0.25) is 0 Å². The highest BCUT2D eigenvalue weighted by Crippen LogP contribution is 2.25. The monoisotopic (exact) mass is 417 g/mol. The third-order valence-electron chi connectivity index (χ3n) is 3.18. The van der Waals surface area contributed by atoms with Crippen molar-refractivity contribution >= 4 is 31.9 Å². The molecule has 0 aliphatic carbocycles. The van der Waals surface area contributed by atoms with Crippen LogP contribution in [-0.2, 0) is 6.42 Å². The van der Waals surface area contributed by atoms with Crippen molar-refractivity contribution in [2.24, 2.45) is 0 Å². The summed E-state index contributed by atoms with van der Waals surface area (Å²) in [6.45, 7) is 2.69. The molecule has 2 aromatic carbocycles. The Morgan fingerprint density at radius 2 is 1.81 bits per heavy atom. The molecule has 1 unspecified atom stereocenters. The molecule has 0 aromatic heterocycles. The Balaban J connectivity index is 2.30. The van der Waals surface area contributed by atoms with E-state index in [9.17, 15) is 8.78 Å². The fourth-order valence-electron chi connectivity index (χ4n) is 2.24. The predicted molar refractivity (Wildman–Crippen MR) is 88.3 cm³/mol. The predicted octanol–water partition coefficient (Wildman–Crippen LogP) is 5.38. The van der Waals surface area contributed by atoms with E-state index in [1.165, 1.54) is 18.2 Å². The Morgan fingerprint density at radius 3 is 2.43 bits per heavy atom. The summed E-state index contributed by atoms with van der Waals surface area (Å²) in [5.74, 6) is -0.568. The summed E-state index contributed by atoms with van der Waals surface area (Å²) in [5.41, 5.74) is 1.40.